The number of rotatable bonds is 4. The molecule has 7 heteroatoms. The Kier molecular flexibility index (Phi) is 5.79. The number of carbonyl (C=O) groups excluding carboxylic acids is 1. The third-order valence-corrected chi connectivity index (χ3v) is 4.76. The number of aromatic nitrogens is 1. The van der Waals surface area contributed by atoms with Crippen molar-refractivity contribution in [1.29, 1.82) is 0 Å². The Labute approximate surface area is 156 Å². The van der Waals surface area contributed by atoms with Crippen molar-refractivity contribution < 1.29 is 18.0 Å². The lowest BCUT2D eigenvalue weighted by Crippen LogP contribution is -2.44. The number of alkyl halides is 3. The van der Waals surface area contributed by atoms with Gasteiger partial charge in [-0.25, -0.2) is 0 Å². The number of nitrogens with zero attached hydrogens (tertiary/aromatic N) is 2. The number of piperidine rings is 1. The molecule has 1 aliphatic heterocycles. The molecule has 1 aromatic carbocycles. The van der Waals surface area contributed by atoms with E-state index in [1.54, 1.807) is 24.4 Å². The summed E-state index contributed by atoms with van der Waals surface area (Å²) in [4.78, 5) is 18.5. The van der Waals surface area contributed by atoms with E-state index in [0.29, 0.717) is 17.7 Å². The zero-order valence-electron chi connectivity index (χ0n) is 15.1. The fraction of sp³-hybridized carbons (Fsp3) is 0.400. The average Bonchev–Trinajstić information content (AvgIpc) is 2.63. The van der Waals surface area contributed by atoms with Gasteiger partial charge in [-0.1, -0.05) is 18.2 Å². The zero-order chi connectivity index (χ0) is 19.4. The Balaban J connectivity index is 1.50. The SMILES string of the molecule is Cc1ccc(C(=O)NC2CCN(Cc3cccc(C(F)(F)F)c3)CC2)cn1. The van der Waals surface area contributed by atoms with Crippen molar-refractivity contribution in [1.82, 2.24) is 15.2 Å². The van der Waals surface area contributed by atoms with Crippen LogP contribution in [-0.2, 0) is 12.7 Å². The molecule has 3 rings (SSSR count). The third kappa shape index (κ3) is 5.29. The molecule has 0 radical (unpaired) electrons. The first-order valence-electron chi connectivity index (χ1n) is 8.93. The Morgan fingerprint density at radius 1 is 1.22 bits per heavy atom. The molecule has 0 aliphatic carbocycles. The van der Waals surface area contributed by atoms with Crippen LogP contribution < -0.4 is 5.32 Å². The largest absolute Gasteiger partial charge is 0.416 e. The maximum absolute atomic E-state index is 12.8. The van der Waals surface area contributed by atoms with Crippen LogP contribution >= 0.6 is 0 Å². The highest BCUT2D eigenvalue weighted by molar-refractivity contribution is 5.94. The summed E-state index contributed by atoms with van der Waals surface area (Å²) in [5.41, 5.74) is 1.42. The van der Waals surface area contributed by atoms with Crippen LogP contribution in [0, 0.1) is 6.92 Å². The van der Waals surface area contributed by atoms with E-state index >= 15 is 0 Å². The van der Waals surface area contributed by atoms with Gasteiger partial charge in [0, 0.05) is 37.6 Å². The van der Waals surface area contributed by atoms with Crippen LogP contribution in [0.3, 0.4) is 0 Å². The van der Waals surface area contributed by atoms with Gasteiger partial charge < -0.3 is 5.32 Å². The summed E-state index contributed by atoms with van der Waals surface area (Å²) in [6, 6.07) is 9.07. The molecular weight excluding hydrogens is 355 g/mol. The highest BCUT2D eigenvalue weighted by atomic mass is 19.4. The van der Waals surface area contributed by atoms with Gasteiger partial charge >= 0.3 is 6.18 Å². The van der Waals surface area contributed by atoms with Crippen LogP contribution in [0.1, 0.15) is 40.0 Å². The Hall–Kier alpha value is -2.41. The van der Waals surface area contributed by atoms with Gasteiger partial charge in [-0.05, 0) is 43.5 Å². The van der Waals surface area contributed by atoms with Gasteiger partial charge in [-0.2, -0.15) is 13.2 Å². The molecule has 1 saturated heterocycles. The van der Waals surface area contributed by atoms with E-state index in [2.05, 4.69) is 15.2 Å². The summed E-state index contributed by atoms with van der Waals surface area (Å²) in [6.07, 6.45) is -1.22. The molecule has 1 aliphatic rings. The molecule has 1 amide bonds. The lowest BCUT2D eigenvalue weighted by Gasteiger charge is -2.32. The second kappa shape index (κ2) is 8.08. The number of amides is 1. The minimum Gasteiger partial charge on any atom is -0.349 e. The molecule has 4 nitrogen and oxygen atoms in total. The Bertz CT molecular complexity index is 782. The first-order valence-corrected chi connectivity index (χ1v) is 8.93. The average molecular weight is 377 g/mol. The first-order chi connectivity index (χ1) is 12.8. The summed E-state index contributed by atoms with van der Waals surface area (Å²) in [7, 11) is 0. The maximum atomic E-state index is 12.8. The van der Waals surface area contributed by atoms with Gasteiger partial charge in [0.2, 0.25) is 0 Å². The number of nitrogens with one attached hydrogen (secondary N) is 1. The first kappa shape index (κ1) is 19.4. The second-order valence-corrected chi connectivity index (χ2v) is 6.91. The molecule has 2 aromatic rings. The van der Waals surface area contributed by atoms with E-state index in [1.807, 2.05) is 6.92 Å². The van der Waals surface area contributed by atoms with Gasteiger partial charge in [0.1, 0.15) is 0 Å². The molecule has 144 valence electrons. The van der Waals surface area contributed by atoms with Gasteiger partial charge in [0.25, 0.3) is 5.91 Å². The fourth-order valence-corrected chi connectivity index (χ4v) is 3.21. The summed E-state index contributed by atoms with van der Waals surface area (Å²) in [6.45, 7) is 3.80. The van der Waals surface area contributed by atoms with E-state index in [1.165, 1.54) is 12.1 Å². The smallest absolute Gasteiger partial charge is 0.349 e. The van der Waals surface area contributed by atoms with Crippen LogP contribution in [-0.4, -0.2) is 34.9 Å². The lowest BCUT2D eigenvalue weighted by molar-refractivity contribution is -0.137. The standard InChI is InChI=1S/C20H22F3N3O/c1-14-5-6-16(12-24-14)19(27)25-18-7-9-26(10-8-18)13-15-3-2-4-17(11-15)20(21,22)23/h2-6,11-12,18H,7-10,13H2,1H3,(H,25,27). The second-order valence-electron chi connectivity index (χ2n) is 6.91. The van der Waals surface area contributed by atoms with E-state index in [0.717, 1.165) is 37.7 Å². The summed E-state index contributed by atoms with van der Waals surface area (Å²) in [5, 5.41) is 3.01. The number of halogens is 3. The normalized spacial score (nSPS) is 16.3. The fourth-order valence-electron chi connectivity index (χ4n) is 3.21. The van der Waals surface area contributed by atoms with Gasteiger partial charge in [-0.3, -0.25) is 14.7 Å². The molecule has 0 atom stereocenters. The van der Waals surface area contributed by atoms with Crippen LogP contribution in [0.25, 0.3) is 0 Å². The molecule has 1 N–H and O–H groups in total. The molecule has 1 aromatic heterocycles. The van der Waals surface area contributed by atoms with Crippen molar-refractivity contribution in [2.24, 2.45) is 0 Å². The zero-order valence-corrected chi connectivity index (χ0v) is 15.1. The van der Waals surface area contributed by atoms with Gasteiger partial charge in [0.05, 0.1) is 11.1 Å². The minimum atomic E-state index is -4.32. The van der Waals surface area contributed by atoms with E-state index in [9.17, 15) is 18.0 Å². The maximum Gasteiger partial charge on any atom is 0.416 e. The predicted octanol–water partition coefficient (Wildman–Crippen LogP) is 3.80. The van der Waals surface area contributed by atoms with Crippen molar-refractivity contribution in [3.8, 4) is 0 Å². The van der Waals surface area contributed by atoms with E-state index in [-0.39, 0.29) is 11.9 Å². The number of hydrogen-bond donors (Lipinski definition) is 1. The molecule has 0 saturated carbocycles. The van der Waals surface area contributed by atoms with E-state index < -0.39 is 11.7 Å². The van der Waals surface area contributed by atoms with Crippen molar-refractivity contribution in [2.75, 3.05) is 13.1 Å². The van der Waals surface area contributed by atoms with Crippen LogP contribution in [0.4, 0.5) is 13.2 Å². The predicted molar refractivity (Wildman–Crippen MR) is 96.2 cm³/mol. The number of benzene rings is 1. The number of likely N-dealkylation sites (tertiary alicyclic amines) is 1. The molecule has 0 bridgehead atoms. The lowest BCUT2D eigenvalue weighted by atomic mass is 10.0. The van der Waals surface area contributed by atoms with Crippen LogP contribution in [0.5, 0.6) is 0 Å². The van der Waals surface area contributed by atoms with Crippen molar-refractivity contribution in [3.63, 3.8) is 0 Å². The van der Waals surface area contributed by atoms with Gasteiger partial charge in [-0.15, -0.1) is 0 Å². The highest BCUT2D eigenvalue weighted by Crippen LogP contribution is 2.30. The monoisotopic (exact) mass is 377 g/mol. The number of hydrogen-bond acceptors (Lipinski definition) is 3. The molecule has 0 spiro atoms. The van der Waals surface area contributed by atoms with E-state index in [4.69, 9.17) is 0 Å². The van der Waals surface area contributed by atoms with Crippen molar-refractivity contribution in [2.45, 2.75) is 38.5 Å². The minimum absolute atomic E-state index is 0.0663. The topological polar surface area (TPSA) is 45.2 Å². The molecular formula is C20H22F3N3O. The number of pyridine rings is 1. The number of carbonyl (C=O) groups is 1. The summed E-state index contributed by atoms with van der Waals surface area (Å²) < 4.78 is 38.5. The van der Waals surface area contributed by atoms with Crippen molar-refractivity contribution in [3.05, 3.63) is 65.0 Å². The highest BCUT2D eigenvalue weighted by Gasteiger charge is 2.30. The van der Waals surface area contributed by atoms with Crippen LogP contribution in [0.15, 0.2) is 42.6 Å². The van der Waals surface area contributed by atoms with Gasteiger partial charge in [0.15, 0.2) is 0 Å². The summed E-state index contributed by atoms with van der Waals surface area (Å²) in [5.74, 6) is -0.140. The Morgan fingerprint density at radius 3 is 2.59 bits per heavy atom. The molecule has 2 heterocycles. The molecule has 1 fully saturated rings. The Morgan fingerprint density at radius 2 is 1.96 bits per heavy atom. The molecule has 27 heavy (non-hydrogen) atoms. The van der Waals surface area contributed by atoms with Crippen molar-refractivity contribution >= 4 is 5.91 Å². The number of aryl methyl sites for hydroxylation is 1. The summed E-state index contributed by atoms with van der Waals surface area (Å²) >= 11 is 0. The molecule has 0 unspecified atom stereocenters. The quantitative estimate of drug-likeness (QED) is 0.882. The van der Waals surface area contributed by atoms with Crippen LogP contribution in [0.2, 0.25) is 0 Å². The third-order valence-electron chi connectivity index (χ3n) is 4.76.